The van der Waals surface area contributed by atoms with E-state index in [1.807, 2.05) is 0 Å². The zero-order valence-electron chi connectivity index (χ0n) is 14.1. The van der Waals surface area contributed by atoms with Crippen LogP contribution in [0.4, 0.5) is 0 Å². The van der Waals surface area contributed by atoms with E-state index in [1.54, 1.807) is 11.1 Å². The van der Waals surface area contributed by atoms with Gasteiger partial charge in [-0.1, -0.05) is 37.6 Å². The van der Waals surface area contributed by atoms with Gasteiger partial charge in [-0.25, -0.2) is 0 Å². The van der Waals surface area contributed by atoms with Gasteiger partial charge in [0.15, 0.2) is 0 Å². The molecule has 1 N–H and O–H groups in total. The first-order chi connectivity index (χ1) is 10.5. The summed E-state index contributed by atoms with van der Waals surface area (Å²) in [7, 11) is 0. The molecule has 1 heterocycles. The molecular weight excluding hydrogens is 270 g/mol. The standard InChI is InChI=1S/C20H29NO/c1-13-8-9-17(19(22)10-13)20(2,3)21-12-14-11-18(21)16-7-5-4-6-15(14)16/h4-7,13-14,17-19,22H,8-12H2,1-3H3/t13-,14+,17-,18+,19-/m1/s1. The first kappa shape index (κ1) is 14.7. The number of fused-ring (bicyclic) bond motifs is 5. The van der Waals surface area contributed by atoms with E-state index in [1.165, 1.54) is 25.8 Å². The van der Waals surface area contributed by atoms with Crippen LogP contribution in [-0.2, 0) is 0 Å². The van der Waals surface area contributed by atoms with E-state index in [2.05, 4.69) is 49.9 Å². The van der Waals surface area contributed by atoms with Gasteiger partial charge in [0.05, 0.1) is 6.10 Å². The Hall–Kier alpha value is -0.860. The van der Waals surface area contributed by atoms with Crippen LogP contribution in [-0.4, -0.2) is 28.2 Å². The number of hydrogen-bond acceptors (Lipinski definition) is 2. The van der Waals surface area contributed by atoms with Gasteiger partial charge in [0.25, 0.3) is 0 Å². The lowest BCUT2D eigenvalue weighted by Crippen LogP contribution is -2.54. The summed E-state index contributed by atoms with van der Waals surface area (Å²) in [5.74, 6) is 1.80. The maximum Gasteiger partial charge on any atom is 0.0588 e. The smallest absolute Gasteiger partial charge is 0.0588 e. The molecule has 0 radical (unpaired) electrons. The molecule has 5 atom stereocenters. The second-order valence-electron chi connectivity index (χ2n) is 8.48. The van der Waals surface area contributed by atoms with Crippen LogP contribution >= 0.6 is 0 Å². The van der Waals surface area contributed by atoms with Gasteiger partial charge in [0.1, 0.15) is 0 Å². The minimum Gasteiger partial charge on any atom is -0.393 e. The van der Waals surface area contributed by atoms with Crippen LogP contribution in [0, 0.1) is 11.8 Å². The molecule has 1 aromatic carbocycles. The van der Waals surface area contributed by atoms with E-state index in [0.717, 1.165) is 6.42 Å². The third kappa shape index (κ3) is 2.07. The van der Waals surface area contributed by atoms with Gasteiger partial charge in [0, 0.05) is 24.0 Å². The van der Waals surface area contributed by atoms with Crippen LogP contribution in [0.3, 0.4) is 0 Å². The Balaban J connectivity index is 1.60. The Kier molecular flexibility index (Phi) is 3.39. The molecule has 1 aliphatic heterocycles. The van der Waals surface area contributed by atoms with Crippen molar-refractivity contribution >= 4 is 0 Å². The normalized spacial score (nSPS) is 38.3. The van der Waals surface area contributed by atoms with Crippen molar-refractivity contribution in [1.29, 1.82) is 0 Å². The first-order valence-electron chi connectivity index (χ1n) is 9.02. The minimum absolute atomic E-state index is 0.0898. The van der Waals surface area contributed by atoms with E-state index in [-0.39, 0.29) is 11.6 Å². The lowest BCUT2D eigenvalue weighted by Gasteiger charge is -2.50. The average Bonchev–Trinajstić information content (AvgIpc) is 3.06. The van der Waals surface area contributed by atoms with Gasteiger partial charge in [-0.2, -0.15) is 0 Å². The predicted molar refractivity (Wildman–Crippen MR) is 89.8 cm³/mol. The van der Waals surface area contributed by atoms with Crippen LogP contribution in [0.1, 0.15) is 69.5 Å². The Labute approximate surface area is 134 Å². The third-order valence-corrected chi connectivity index (χ3v) is 6.82. The van der Waals surface area contributed by atoms with Gasteiger partial charge in [-0.05, 0) is 56.1 Å². The molecule has 0 amide bonds. The molecule has 0 spiro atoms. The molecule has 3 aliphatic rings. The molecule has 120 valence electrons. The number of benzene rings is 1. The monoisotopic (exact) mass is 299 g/mol. The fourth-order valence-corrected chi connectivity index (χ4v) is 5.57. The number of rotatable bonds is 2. The van der Waals surface area contributed by atoms with E-state index < -0.39 is 0 Å². The first-order valence-corrected chi connectivity index (χ1v) is 9.02. The second kappa shape index (κ2) is 5.07. The van der Waals surface area contributed by atoms with E-state index in [9.17, 15) is 5.11 Å². The molecule has 0 unspecified atom stereocenters. The summed E-state index contributed by atoms with van der Waals surface area (Å²) in [6.45, 7) is 8.20. The Morgan fingerprint density at radius 1 is 1.09 bits per heavy atom. The number of aliphatic hydroxyl groups is 1. The molecule has 2 heteroatoms. The fourth-order valence-electron chi connectivity index (χ4n) is 5.57. The van der Waals surface area contributed by atoms with Crippen molar-refractivity contribution < 1.29 is 5.11 Å². The predicted octanol–water partition coefficient (Wildman–Crippen LogP) is 4.11. The topological polar surface area (TPSA) is 23.5 Å². The van der Waals surface area contributed by atoms with Crippen LogP contribution < -0.4 is 0 Å². The number of hydrogen-bond donors (Lipinski definition) is 1. The summed E-state index contributed by atoms with van der Waals surface area (Å²) in [4.78, 5) is 2.71. The zero-order valence-corrected chi connectivity index (χ0v) is 14.1. The van der Waals surface area contributed by atoms with E-state index in [4.69, 9.17) is 0 Å². The van der Waals surface area contributed by atoms with Gasteiger partial charge < -0.3 is 5.11 Å². The summed E-state index contributed by atoms with van der Waals surface area (Å²) >= 11 is 0. The Bertz CT molecular complexity index is 567. The lowest BCUT2D eigenvalue weighted by molar-refractivity contribution is -0.0512. The largest absolute Gasteiger partial charge is 0.393 e. The molecule has 2 nitrogen and oxygen atoms in total. The molecule has 22 heavy (non-hydrogen) atoms. The van der Waals surface area contributed by atoms with Gasteiger partial charge in [0.2, 0.25) is 0 Å². The summed E-state index contributed by atoms with van der Waals surface area (Å²) in [5, 5.41) is 10.7. The van der Waals surface area contributed by atoms with Crippen molar-refractivity contribution in [2.45, 2.75) is 70.1 Å². The lowest BCUT2D eigenvalue weighted by atomic mass is 9.70. The highest BCUT2D eigenvalue weighted by molar-refractivity contribution is 5.41. The SMILES string of the molecule is C[C@@H]1CC[C@@H](C(C)(C)N2C[C@@H]3C[C@H]2c2ccccc23)[C@H](O)C1. The van der Waals surface area contributed by atoms with Crippen molar-refractivity contribution in [1.82, 2.24) is 4.90 Å². The number of aliphatic hydroxyl groups excluding tert-OH is 1. The molecule has 2 fully saturated rings. The van der Waals surface area contributed by atoms with Crippen molar-refractivity contribution in [3.05, 3.63) is 35.4 Å². The summed E-state index contributed by atoms with van der Waals surface area (Å²) in [6, 6.07) is 9.58. The number of nitrogens with zero attached hydrogens (tertiary/aromatic N) is 1. The van der Waals surface area contributed by atoms with Crippen LogP contribution in [0.15, 0.2) is 24.3 Å². The summed E-state index contributed by atoms with van der Waals surface area (Å²) in [6.07, 6.45) is 4.57. The van der Waals surface area contributed by atoms with E-state index in [0.29, 0.717) is 23.8 Å². The van der Waals surface area contributed by atoms with Gasteiger partial charge in [-0.3, -0.25) is 4.90 Å². The quantitative estimate of drug-likeness (QED) is 0.888. The van der Waals surface area contributed by atoms with Crippen molar-refractivity contribution in [3.63, 3.8) is 0 Å². The minimum atomic E-state index is -0.131. The highest BCUT2D eigenvalue weighted by atomic mass is 16.3. The van der Waals surface area contributed by atoms with Crippen molar-refractivity contribution in [2.75, 3.05) is 6.54 Å². The maximum atomic E-state index is 10.7. The molecule has 4 rings (SSSR count). The second-order valence-corrected chi connectivity index (χ2v) is 8.48. The maximum absolute atomic E-state index is 10.7. The number of likely N-dealkylation sites (tertiary alicyclic amines) is 1. The molecule has 1 saturated heterocycles. The Morgan fingerprint density at radius 3 is 2.55 bits per heavy atom. The molecule has 2 bridgehead atoms. The third-order valence-electron chi connectivity index (χ3n) is 6.82. The van der Waals surface area contributed by atoms with Gasteiger partial charge >= 0.3 is 0 Å². The summed E-state index contributed by atoms with van der Waals surface area (Å²) < 4.78 is 0. The molecular formula is C20H29NO. The highest BCUT2D eigenvalue weighted by Gasteiger charge is 2.51. The average molecular weight is 299 g/mol. The van der Waals surface area contributed by atoms with E-state index >= 15 is 0 Å². The van der Waals surface area contributed by atoms with Gasteiger partial charge in [-0.15, -0.1) is 0 Å². The molecule has 1 aromatic rings. The van der Waals surface area contributed by atoms with Crippen LogP contribution in [0.2, 0.25) is 0 Å². The van der Waals surface area contributed by atoms with Crippen LogP contribution in [0.5, 0.6) is 0 Å². The zero-order chi connectivity index (χ0) is 15.5. The van der Waals surface area contributed by atoms with Crippen LogP contribution in [0.25, 0.3) is 0 Å². The van der Waals surface area contributed by atoms with Crippen molar-refractivity contribution in [2.24, 2.45) is 11.8 Å². The molecule has 1 saturated carbocycles. The summed E-state index contributed by atoms with van der Waals surface area (Å²) in [5.41, 5.74) is 3.22. The Morgan fingerprint density at radius 2 is 1.82 bits per heavy atom. The molecule has 2 aliphatic carbocycles. The fraction of sp³-hybridized carbons (Fsp3) is 0.700. The highest BCUT2D eigenvalue weighted by Crippen LogP contribution is 2.54. The molecule has 0 aromatic heterocycles. The van der Waals surface area contributed by atoms with Crippen molar-refractivity contribution in [3.8, 4) is 0 Å².